The van der Waals surface area contributed by atoms with Crippen LogP contribution in [0.5, 0.6) is 0 Å². The van der Waals surface area contributed by atoms with Crippen LogP contribution in [-0.2, 0) is 0 Å². The van der Waals surface area contributed by atoms with Gasteiger partial charge >= 0.3 is 0 Å². The molecule has 0 saturated carbocycles. The van der Waals surface area contributed by atoms with Crippen LogP contribution in [0, 0.1) is 0 Å². The first kappa shape index (κ1) is 10.8. The predicted molar refractivity (Wildman–Crippen MR) is 58.6 cm³/mol. The number of imidazole rings is 1. The third-order valence-electron chi connectivity index (χ3n) is 1.41. The molecule has 2 rings (SSSR count). The monoisotopic (exact) mass is 201 g/mol. The minimum absolute atomic E-state index is 0.611. The van der Waals surface area contributed by atoms with Crippen LogP contribution in [0.25, 0.3) is 12.2 Å². The largest absolute Gasteiger partial charge is 0.345 e. The summed E-state index contributed by atoms with van der Waals surface area (Å²) in [5, 5.41) is 0. The predicted octanol–water partition coefficient (Wildman–Crippen LogP) is 1.57. The highest BCUT2D eigenvalue weighted by molar-refractivity contribution is 5.34. The van der Waals surface area contributed by atoms with E-state index in [2.05, 4.69) is 38.1 Å². The lowest BCUT2D eigenvalue weighted by atomic mass is 10.6. The van der Waals surface area contributed by atoms with Gasteiger partial charge in [0.25, 0.3) is 0 Å². The van der Waals surface area contributed by atoms with Crippen LogP contribution in [0.15, 0.2) is 38.2 Å². The van der Waals surface area contributed by atoms with E-state index < -0.39 is 0 Å². The van der Waals surface area contributed by atoms with Crippen molar-refractivity contribution in [2.45, 2.75) is 0 Å². The first-order valence-electron chi connectivity index (χ1n) is 4.23. The van der Waals surface area contributed by atoms with Gasteiger partial charge in [-0.3, -0.25) is 0 Å². The Morgan fingerprint density at radius 3 is 2.13 bits per heavy atom. The third kappa shape index (κ3) is 3.95. The molecule has 1 N–H and O–H groups in total. The molecule has 5 heteroatoms. The van der Waals surface area contributed by atoms with Gasteiger partial charge in [-0.25, -0.2) is 19.9 Å². The minimum atomic E-state index is 0.611. The molecule has 0 unspecified atom stereocenters. The molecule has 0 spiro atoms. The zero-order valence-electron chi connectivity index (χ0n) is 8.17. The van der Waals surface area contributed by atoms with Crippen LogP contribution in [0.2, 0.25) is 0 Å². The summed E-state index contributed by atoms with van der Waals surface area (Å²) in [6, 6.07) is 0. The van der Waals surface area contributed by atoms with Gasteiger partial charge in [0.15, 0.2) is 5.82 Å². The summed E-state index contributed by atoms with van der Waals surface area (Å²) in [6.45, 7) is 6.99. The summed E-state index contributed by atoms with van der Waals surface area (Å²) in [6.07, 6.45) is 9.56. The molecular weight excluding hydrogens is 190 g/mol. The zero-order chi connectivity index (χ0) is 10.9. The SMILES string of the molecule is C=Cc1ncc[nH]1.C=Cc1ncncn1. The summed E-state index contributed by atoms with van der Waals surface area (Å²) in [7, 11) is 0. The molecular formula is C10H11N5. The van der Waals surface area contributed by atoms with Crippen LogP contribution < -0.4 is 0 Å². The average Bonchev–Trinajstić information content (AvgIpc) is 2.84. The Kier molecular flexibility index (Phi) is 4.45. The van der Waals surface area contributed by atoms with Crippen molar-refractivity contribution in [2.24, 2.45) is 0 Å². The third-order valence-corrected chi connectivity index (χ3v) is 1.41. The van der Waals surface area contributed by atoms with Crippen molar-refractivity contribution >= 4 is 12.2 Å². The molecule has 0 aliphatic heterocycles. The lowest BCUT2D eigenvalue weighted by molar-refractivity contribution is 1.03. The molecule has 0 aliphatic rings. The van der Waals surface area contributed by atoms with Crippen LogP contribution in [0.1, 0.15) is 11.6 Å². The van der Waals surface area contributed by atoms with Crippen molar-refractivity contribution in [1.82, 2.24) is 24.9 Å². The van der Waals surface area contributed by atoms with E-state index in [0.717, 1.165) is 5.82 Å². The van der Waals surface area contributed by atoms with Gasteiger partial charge in [0.1, 0.15) is 18.5 Å². The molecule has 0 aliphatic carbocycles. The molecule has 2 heterocycles. The van der Waals surface area contributed by atoms with Crippen molar-refractivity contribution in [3.8, 4) is 0 Å². The van der Waals surface area contributed by atoms with Crippen LogP contribution >= 0.6 is 0 Å². The van der Waals surface area contributed by atoms with E-state index in [9.17, 15) is 0 Å². The summed E-state index contributed by atoms with van der Waals surface area (Å²) in [5.41, 5.74) is 0. The highest BCUT2D eigenvalue weighted by atomic mass is 15.0. The second-order valence-corrected chi connectivity index (χ2v) is 2.38. The molecule has 76 valence electrons. The maximum absolute atomic E-state index is 3.86. The van der Waals surface area contributed by atoms with Crippen molar-refractivity contribution in [1.29, 1.82) is 0 Å². The number of aromatic nitrogens is 5. The maximum atomic E-state index is 3.86. The fourth-order valence-corrected chi connectivity index (χ4v) is 0.743. The second-order valence-electron chi connectivity index (χ2n) is 2.38. The molecule has 2 aromatic rings. The van der Waals surface area contributed by atoms with E-state index in [4.69, 9.17) is 0 Å². The fourth-order valence-electron chi connectivity index (χ4n) is 0.743. The van der Waals surface area contributed by atoms with Gasteiger partial charge in [-0.2, -0.15) is 0 Å². The Bertz CT molecular complexity index is 393. The molecule has 0 bridgehead atoms. The van der Waals surface area contributed by atoms with Gasteiger partial charge in [0.2, 0.25) is 0 Å². The lowest BCUT2D eigenvalue weighted by Gasteiger charge is -1.83. The molecule has 0 atom stereocenters. The van der Waals surface area contributed by atoms with Crippen molar-refractivity contribution in [3.63, 3.8) is 0 Å². The van der Waals surface area contributed by atoms with Gasteiger partial charge in [-0.05, 0) is 12.2 Å². The Balaban J connectivity index is 0.000000151. The lowest BCUT2D eigenvalue weighted by Crippen LogP contribution is -1.84. The minimum Gasteiger partial charge on any atom is -0.345 e. The van der Waals surface area contributed by atoms with Crippen LogP contribution in [0.3, 0.4) is 0 Å². The zero-order valence-corrected chi connectivity index (χ0v) is 8.17. The molecule has 0 radical (unpaired) electrons. The highest BCUT2D eigenvalue weighted by Crippen LogP contribution is 1.86. The van der Waals surface area contributed by atoms with Gasteiger partial charge < -0.3 is 4.98 Å². The quantitative estimate of drug-likeness (QED) is 0.800. The number of nitrogens with zero attached hydrogens (tertiary/aromatic N) is 4. The summed E-state index contributed by atoms with van der Waals surface area (Å²) in [4.78, 5) is 17.9. The van der Waals surface area contributed by atoms with E-state index in [1.807, 2.05) is 0 Å². The Hall–Kier alpha value is -2.30. The summed E-state index contributed by atoms with van der Waals surface area (Å²) < 4.78 is 0. The number of rotatable bonds is 2. The van der Waals surface area contributed by atoms with E-state index in [-0.39, 0.29) is 0 Å². The van der Waals surface area contributed by atoms with Gasteiger partial charge in [0, 0.05) is 12.4 Å². The molecule has 0 amide bonds. The Morgan fingerprint density at radius 1 is 1.07 bits per heavy atom. The standard InChI is InChI=1S/C5H5N3.C5H6N2/c1-2-5-7-3-6-4-8-5;1-2-5-6-3-4-7-5/h2-4H,1H2;2-4H,1H2,(H,6,7). The average molecular weight is 201 g/mol. The van der Waals surface area contributed by atoms with Gasteiger partial charge in [-0.15, -0.1) is 0 Å². The first-order chi connectivity index (χ1) is 7.36. The summed E-state index contributed by atoms with van der Waals surface area (Å²) in [5.74, 6) is 1.43. The molecule has 2 aromatic heterocycles. The molecule has 5 nitrogen and oxygen atoms in total. The van der Waals surface area contributed by atoms with Crippen LogP contribution in [-0.4, -0.2) is 24.9 Å². The number of aromatic amines is 1. The number of H-pyrrole nitrogens is 1. The second kappa shape index (κ2) is 6.20. The molecule has 0 fully saturated rings. The number of hydrogen-bond acceptors (Lipinski definition) is 4. The first-order valence-corrected chi connectivity index (χ1v) is 4.23. The van der Waals surface area contributed by atoms with Crippen molar-refractivity contribution in [3.05, 3.63) is 49.9 Å². The van der Waals surface area contributed by atoms with E-state index in [1.54, 1.807) is 24.5 Å². The smallest absolute Gasteiger partial charge is 0.154 e. The Morgan fingerprint density at radius 2 is 1.80 bits per heavy atom. The highest BCUT2D eigenvalue weighted by Gasteiger charge is 1.80. The molecule has 0 saturated heterocycles. The van der Waals surface area contributed by atoms with Gasteiger partial charge in [0.05, 0.1) is 0 Å². The Labute approximate surface area is 87.7 Å². The van der Waals surface area contributed by atoms with Gasteiger partial charge in [-0.1, -0.05) is 13.2 Å². The fraction of sp³-hybridized carbons (Fsp3) is 0. The maximum Gasteiger partial charge on any atom is 0.154 e. The van der Waals surface area contributed by atoms with E-state index >= 15 is 0 Å². The van der Waals surface area contributed by atoms with Crippen molar-refractivity contribution in [2.75, 3.05) is 0 Å². The topological polar surface area (TPSA) is 67.3 Å². The van der Waals surface area contributed by atoms with E-state index in [0.29, 0.717) is 5.82 Å². The number of nitrogens with one attached hydrogen (secondary N) is 1. The number of hydrogen-bond donors (Lipinski definition) is 1. The van der Waals surface area contributed by atoms with E-state index in [1.165, 1.54) is 12.7 Å². The summed E-state index contributed by atoms with van der Waals surface area (Å²) >= 11 is 0. The molecule has 0 aromatic carbocycles. The molecule has 15 heavy (non-hydrogen) atoms. The van der Waals surface area contributed by atoms with Crippen molar-refractivity contribution < 1.29 is 0 Å². The van der Waals surface area contributed by atoms with Crippen LogP contribution in [0.4, 0.5) is 0 Å². The normalized spacial score (nSPS) is 8.53.